The average Bonchev–Trinajstić information content (AvgIpc) is 3.83. The first-order valence-corrected chi connectivity index (χ1v) is 16.4. The Hall–Kier alpha value is -4.78. The van der Waals surface area contributed by atoms with Crippen molar-refractivity contribution < 1.29 is 19.0 Å². The highest BCUT2D eigenvalue weighted by Gasteiger charge is 2.32. The highest BCUT2D eigenvalue weighted by atomic mass is 16.5. The molecule has 2 aliphatic heterocycles. The minimum Gasteiger partial charge on any atom is -0.457 e. The lowest BCUT2D eigenvalue weighted by Crippen LogP contribution is -2.37. The molecule has 2 aliphatic rings. The Kier molecular flexibility index (Phi) is 9.11. The maximum atomic E-state index is 13.0. The van der Waals surface area contributed by atoms with Gasteiger partial charge in [-0.15, -0.1) is 0 Å². The van der Waals surface area contributed by atoms with Crippen LogP contribution in [0.1, 0.15) is 29.9 Å². The van der Waals surface area contributed by atoms with Gasteiger partial charge in [0.15, 0.2) is 5.82 Å². The van der Waals surface area contributed by atoms with Crippen LogP contribution in [0.5, 0.6) is 11.5 Å². The summed E-state index contributed by atoms with van der Waals surface area (Å²) >= 11 is 0. The molecule has 0 saturated carbocycles. The summed E-state index contributed by atoms with van der Waals surface area (Å²) in [7, 11) is 5.41. The molecule has 0 spiro atoms. The molecule has 1 N–H and O–H groups in total. The van der Waals surface area contributed by atoms with Gasteiger partial charge in [-0.1, -0.05) is 6.08 Å². The Morgan fingerprint density at radius 1 is 1.02 bits per heavy atom. The largest absolute Gasteiger partial charge is 0.457 e. The van der Waals surface area contributed by atoms with Crippen LogP contribution in [0.15, 0.2) is 73.5 Å². The standard InChI is InChI=1S/C36H42N8O4/c1-24-18-26(7-10-31(24)48-27-8-9-30-29(19-27)38-23-41(30)2)40-36-35-28(13-17-44(35)39-22-37-36)25-11-15-43(16-12-25)34(45)6-5-14-42-20-32(46-3)33(21-42)47-4/h5-10,13,17-19,22-23,25,32-33H,11-12,14-16,20-21H2,1-4H3,(H,37,39,40)/b6-5+/t32-,33+. The molecule has 5 aromatic rings. The smallest absolute Gasteiger partial charge is 0.246 e. The topological polar surface area (TPSA) is 111 Å². The third-order valence-corrected chi connectivity index (χ3v) is 9.61. The molecular formula is C36H42N8O4. The number of imidazole rings is 1. The average molecular weight is 651 g/mol. The highest BCUT2D eigenvalue weighted by Crippen LogP contribution is 2.35. The van der Waals surface area contributed by atoms with Gasteiger partial charge in [-0.05, 0) is 73.2 Å². The van der Waals surface area contributed by atoms with Gasteiger partial charge in [0.05, 0.1) is 29.6 Å². The summed E-state index contributed by atoms with van der Waals surface area (Å²) in [5.74, 6) is 2.62. The lowest BCUT2D eigenvalue weighted by Gasteiger charge is -2.31. The van der Waals surface area contributed by atoms with Crippen LogP contribution in [0.3, 0.4) is 0 Å². The summed E-state index contributed by atoms with van der Waals surface area (Å²) in [6.45, 7) is 5.74. The second kappa shape index (κ2) is 13.8. The summed E-state index contributed by atoms with van der Waals surface area (Å²) in [4.78, 5) is 26.3. The molecule has 2 atom stereocenters. The third-order valence-electron chi connectivity index (χ3n) is 9.61. The Bertz CT molecular complexity index is 1930. The number of anilines is 2. The molecule has 0 unspecified atom stereocenters. The number of hydrogen-bond acceptors (Lipinski definition) is 9. The molecule has 48 heavy (non-hydrogen) atoms. The van der Waals surface area contributed by atoms with Crippen molar-refractivity contribution in [2.75, 3.05) is 52.3 Å². The molecule has 0 bridgehead atoms. The number of fused-ring (bicyclic) bond motifs is 2. The van der Waals surface area contributed by atoms with Gasteiger partial charge in [0.2, 0.25) is 5.91 Å². The quantitative estimate of drug-likeness (QED) is 0.207. The van der Waals surface area contributed by atoms with Gasteiger partial charge < -0.3 is 29.0 Å². The van der Waals surface area contributed by atoms with E-state index >= 15 is 0 Å². The third kappa shape index (κ3) is 6.51. The molecule has 3 aromatic heterocycles. The number of piperidine rings is 1. The number of nitrogens with zero attached hydrogens (tertiary/aromatic N) is 7. The van der Waals surface area contributed by atoms with Crippen LogP contribution in [0.4, 0.5) is 11.5 Å². The number of benzene rings is 2. The van der Waals surface area contributed by atoms with E-state index in [9.17, 15) is 4.79 Å². The summed E-state index contributed by atoms with van der Waals surface area (Å²) in [5, 5.41) is 8.00. The molecule has 12 heteroatoms. The van der Waals surface area contributed by atoms with E-state index in [-0.39, 0.29) is 18.1 Å². The van der Waals surface area contributed by atoms with Gasteiger partial charge in [-0.25, -0.2) is 14.5 Å². The molecule has 5 heterocycles. The van der Waals surface area contributed by atoms with Gasteiger partial charge in [-0.3, -0.25) is 9.69 Å². The lowest BCUT2D eigenvalue weighted by molar-refractivity contribution is -0.127. The first-order valence-electron chi connectivity index (χ1n) is 16.4. The van der Waals surface area contributed by atoms with Gasteiger partial charge in [0, 0.05) is 78.0 Å². The number of ether oxygens (including phenoxy) is 3. The number of rotatable bonds is 10. The van der Waals surface area contributed by atoms with Crippen molar-refractivity contribution in [1.82, 2.24) is 33.9 Å². The maximum absolute atomic E-state index is 13.0. The normalized spacial score (nSPS) is 19.2. The fourth-order valence-electron chi connectivity index (χ4n) is 6.92. The molecule has 0 radical (unpaired) electrons. The minimum absolute atomic E-state index is 0.0618. The van der Waals surface area contributed by atoms with Crippen molar-refractivity contribution in [1.29, 1.82) is 0 Å². The number of methoxy groups -OCH3 is 2. The molecule has 1 amide bonds. The van der Waals surface area contributed by atoms with Crippen molar-refractivity contribution >= 4 is 34.0 Å². The predicted octanol–water partition coefficient (Wildman–Crippen LogP) is 5.07. The second-order valence-electron chi connectivity index (χ2n) is 12.7. The Balaban J connectivity index is 0.984. The number of nitrogens with one attached hydrogen (secondary N) is 1. The Morgan fingerprint density at radius 2 is 1.81 bits per heavy atom. The van der Waals surface area contributed by atoms with Crippen molar-refractivity contribution in [2.24, 2.45) is 7.05 Å². The van der Waals surface area contributed by atoms with Crippen molar-refractivity contribution in [3.05, 3.63) is 84.6 Å². The first-order chi connectivity index (χ1) is 23.4. The number of likely N-dealkylation sites (tertiary alicyclic amines) is 2. The highest BCUT2D eigenvalue weighted by molar-refractivity contribution is 5.87. The fraction of sp³-hybridized carbons (Fsp3) is 0.389. The van der Waals surface area contributed by atoms with Crippen molar-refractivity contribution in [3.8, 4) is 11.5 Å². The number of carbonyl (C=O) groups excluding carboxylic acids is 1. The number of carbonyl (C=O) groups is 1. The van der Waals surface area contributed by atoms with E-state index < -0.39 is 0 Å². The maximum Gasteiger partial charge on any atom is 0.246 e. The Labute approximate surface area is 279 Å². The zero-order valence-electron chi connectivity index (χ0n) is 27.9. The molecule has 250 valence electrons. The SMILES string of the molecule is CO[C@H]1CN(C/C=C/C(=O)N2CCC(c3ccn4ncnc(Nc5ccc(Oc6ccc7c(c6)ncn7C)c(C)c5)c34)CC2)C[C@H]1OC. The molecule has 12 nitrogen and oxygen atoms in total. The van der Waals surface area contributed by atoms with Gasteiger partial charge >= 0.3 is 0 Å². The molecular weight excluding hydrogens is 608 g/mol. The monoisotopic (exact) mass is 650 g/mol. The lowest BCUT2D eigenvalue weighted by atomic mass is 9.90. The van der Waals surface area contributed by atoms with E-state index in [1.165, 1.54) is 5.56 Å². The summed E-state index contributed by atoms with van der Waals surface area (Å²) in [6.07, 6.45) is 10.9. The number of amides is 1. The molecule has 2 aromatic carbocycles. The number of hydrogen-bond donors (Lipinski definition) is 1. The van der Waals surface area contributed by atoms with Crippen LogP contribution >= 0.6 is 0 Å². The molecule has 2 fully saturated rings. The van der Waals surface area contributed by atoms with E-state index in [2.05, 4.69) is 37.4 Å². The Morgan fingerprint density at radius 3 is 2.56 bits per heavy atom. The van der Waals surface area contributed by atoms with Crippen LogP contribution in [-0.4, -0.2) is 99.0 Å². The van der Waals surface area contributed by atoms with Crippen LogP contribution in [0.2, 0.25) is 0 Å². The fourth-order valence-corrected chi connectivity index (χ4v) is 6.92. The van der Waals surface area contributed by atoms with Gasteiger partial charge in [0.1, 0.15) is 23.3 Å². The summed E-state index contributed by atoms with van der Waals surface area (Å²) < 4.78 is 21.1. The second-order valence-corrected chi connectivity index (χ2v) is 12.7. The van der Waals surface area contributed by atoms with E-state index in [0.717, 1.165) is 71.0 Å². The molecule has 0 aliphatic carbocycles. The molecule has 7 rings (SSSR count). The molecule has 2 saturated heterocycles. The van der Waals surface area contributed by atoms with Gasteiger partial charge in [0.25, 0.3) is 0 Å². The minimum atomic E-state index is 0.0618. The van der Waals surface area contributed by atoms with Crippen molar-refractivity contribution in [2.45, 2.75) is 37.9 Å². The summed E-state index contributed by atoms with van der Waals surface area (Å²) in [6, 6.07) is 14.1. The van der Waals surface area contributed by atoms with E-state index in [4.69, 9.17) is 14.2 Å². The van der Waals surface area contributed by atoms with Gasteiger partial charge in [-0.2, -0.15) is 5.10 Å². The van der Waals surface area contributed by atoms with Crippen LogP contribution in [-0.2, 0) is 21.3 Å². The van der Waals surface area contributed by atoms with Crippen LogP contribution in [0.25, 0.3) is 16.6 Å². The van der Waals surface area contributed by atoms with E-state index in [1.807, 2.05) is 70.6 Å². The number of aryl methyl sites for hydroxylation is 2. The van der Waals surface area contributed by atoms with Crippen LogP contribution in [0, 0.1) is 6.92 Å². The van der Waals surface area contributed by atoms with E-state index in [0.29, 0.717) is 25.6 Å². The summed E-state index contributed by atoms with van der Waals surface area (Å²) in [5.41, 5.74) is 6.00. The van der Waals surface area contributed by atoms with E-state index in [1.54, 1.807) is 33.0 Å². The first kappa shape index (κ1) is 31.8. The van der Waals surface area contributed by atoms with Crippen LogP contribution < -0.4 is 10.1 Å². The van der Waals surface area contributed by atoms with Crippen molar-refractivity contribution in [3.63, 3.8) is 0 Å². The zero-order valence-corrected chi connectivity index (χ0v) is 27.9. The predicted molar refractivity (Wildman–Crippen MR) is 184 cm³/mol. The number of aromatic nitrogens is 5. The zero-order chi connectivity index (χ0) is 33.2.